The Morgan fingerprint density at radius 3 is 2.78 bits per heavy atom. The number of hydrogen-bond donors (Lipinski definition) is 1. The summed E-state index contributed by atoms with van der Waals surface area (Å²) in [5, 5.41) is 2.60. The van der Waals surface area contributed by atoms with Gasteiger partial charge < -0.3 is 10.2 Å². The Morgan fingerprint density at radius 2 is 2.28 bits per heavy atom. The molecule has 5 heteroatoms. The van der Waals surface area contributed by atoms with Crippen molar-refractivity contribution in [3.63, 3.8) is 0 Å². The van der Waals surface area contributed by atoms with Crippen molar-refractivity contribution in [1.82, 2.24) is 10.3 Å². The maximum Gasteiger partial charge on any atom is 0.239 e. The summed E-state index contributed by atoms with van der Waals surface area (Å²) < 4.78 is 0. The number of rotatable bonds is 6. The van der Waals surface area contributed by atoms with E-state index in [0.29, 0.717) is 5.56 Å². The molecule has 1 heterocycles. The van der Waals surface area contributed by atoms with Gasteiger partial charge >= 0.3 is 0 Å². The zero-order chi connectivity index (χ0) is 13.5. The number of aromatic nitrogens is 1. The number of aldehydes is 1. The fourth-order valence-electron chi connectivity index (χ4n) is 1.77. The van der Waals surface area contributed by atoms with Crippen LogP contribution >= 0.6 is 0 Å². The Kier molecular flexibility index (Phi) is 5.30. The lowest BCUT2D eigenvalue weighted by atomic mass is 10.2. The first-order valence-electron chi connectivity index (χ1n) is 5.99. The quantitative estimate of drug-likeness (QED) is 0.769. The van der Waals surface area contributed by atoms with Crippen LogP contribution in [0.15, 0.2) is 12.3 Å². The Labute approximate surface area is 107 Å². The minimum absolute atomic E-state index is 0.0517. The topological polar surface area (TPSA) is 62.3 Å². The Balaban J connectivity index is 2.97. The van der Waals surface area contributed by atoms with Crippen molar-refractivity contribution in [2.75, 3.05) is 25.0 Å². The van der Waals surface area contributed by atoms with Crippen LogP contribution in [0.25, 0.3) is 0 Å². The normalized spacial score (nSPS) is 9.94. The highest BCUT2D eigenvalue weighted by molar-refractivity contribution is 5.81. The van der Waals surface area contributed by atoms with Gasteiger partial charge in [0.2, 0.25) is 5.91 Å². The van der Waals surface area contributed by atoms with Gasteiger partial charge in [0.05, 0.1) is 6.54 Å². The highest BCUT2D eigenvalue weighted by Crippen LogP contribution is 2.17. The lowest BCUT2D eigenvalue weighted by molar-refractivity contribution is -0.119. The molecule has 0 saturated heterocycles. The summed E-state index contributed by atoms with van der Waals surface area (Å²) in [6.45, 7) is 4.97. The van der Waals surface area contributed by atoms with E-state index in [4.69, 9.17) is 0 Å². The molecule has 0 radical (unpaired) electrons. The Hall–Kier alpha value is -1.91. The summed E-state index contributed by atoms with van der Waals surface area (Å²) in [5.41, 5.74) is 1.45. The van der Waals surface area contributed by atoms with E-state index in [1.54, 1.807) is 13.1 Å². The van der Waals surface area contributed by atoms with Crippen molar-refractivity contribution in [2.24, 2.45) is 0 Å². The van der Waals surface area contributed by atoms with Crippen molar-refractivity contribution in [1.29, 1.82) is 0 Å². The van der Waals surface area contributed by atoms with Gasteiger partial charge in [0.1, 0.15) is 5.82 Å². The molecule has 1 rings (SSSR count). The number of carbonyl (C=O) groups excluding carboxylic acids is 2. The number of likely N-dealkylation sites (N-methyl/N-ethyl adjacent to an activating group) is 1. The third-order valence-corrected chi connectivity index (χ3v) is 2.61. The van der Waals surface area contributed by atoms with Crippen LogP contribution in [0.5, 0.6) is 0 Å². The average Bonchev–Trinajstić information content (AvgIpc) is 2.38. The van der Waals surface area contributed by atoms with Crippen LogP contribution in [0, 0.1) is 6.92 Å². The van der Waals surface area contributed by atoms with E-state index in [9.17, 15) is 9.59 Å². The summed E-state index contributed by atoms with van der Waals surface area (Å²) in [6.07, 6.45) is 3.22. The van der Waals surface area contributed by atoms with E-state index in [-0.39, 0.29) is 12.5 Å². The average molecular weight is 249 g/mol. The fraction of sp³-hybridized carbons (Fsp3) is 0.462. The van der Waals surface area contributed by atoms with E-state index in [1.165, 1.54) is 6.20 Å². The van der Waals surface area contributed by atoms with Gasteiger partial charge in [-0.3, -0.25) is 9.59 Å². The first-order valence-corrected chi connectivity index (χ1v) is 5.99. The molecular formula is C13H19N3O2. The number of carbonyl (C=O) groups is 2. The van der Waals surface area contributed by atoms with E-state index in [0.717, 1.165) is 30.6 Å². The van der Waals surface area contributed by atoms with Gasteiger partial charge in [-0.25, -0.2) is 4.98 Å². The number of pyridine rings is 1. The maximum atomic E-state index is 11.5. The van der Waals surface area contributed by atoms with E-state index in [1.807, 2.05) is 18.7 Å². The molecule has 0 fully saturated rings. The lowest BCUT2D eigenvalue weighted by Crippen LogP contribution is -2.37. The van der Waals surface area contributed by atoms with Crippen LogP contribution in [-0.2, 0) is 4.79 Å². The molecule has 0 bridgehead atoms. The van der Waals surface area contributed by atoms with E-state index in [2.05, 4.69) is 10.3 Å². The lowest BCUT2D eigenvalue weighted by Gasteiger charge is -2.23. The minimum atomic E-state index is -0.0517. The van der Waals surface area contributed by atoms with Gasteiger partial charge in [0.25, 0.3) is 0 Å². The third-order valence-electron chi connectivity index (χ3n) is 2.61. The molecule has 0 atom stereocenters. The molecule has 18 heavy (non-hydrogen) atoms. The van der Waals surface area contributed by atoms with Crippen molar-refractivity contribution in [3.8, 4) is 0 Å². The molecule has 1 N–H and O–H groups in total. The number of nitrogens with zero attached hydrogens (tertiary/aromatic N) is 2. The molecule has 1 amide bonds. The van der Waals surface area contributed by atoms with Crippen molar-refractivity contribution < 1.29 is 9.59 Å². The van der Waals surface area contributed by atoms with Gasteiger partial charge in [-0.2, -0.15) is 0 Å². The standard InChI is InChI=1S/C13H19N3O2/c1-4-5-16(8-12(18)14-3)13-10(2)6-11(9-17)7-15-13/h6-7,9H,4-5,8H2,1-3H3,(H,14,18). The predicted octanol–water partition coefficient (Wildman–Crippen LogP) is 1.16. The summed E-state index contributed by atoms with van der Waals surface area (Å²) in [7, 11) is 1.61. The summed E-state index contributed by atoms with van der Waals surface area (Å²) in [4.78, 5) is 28.3. The molecule has 0 aromatic carbocycles. The van der Waals surface area contributed by atoms with Gasteiger partial charge in [-0.15, -0.1) is 0 Å². The first kappa shape index (κ1) is 14.2. The maximum absolute atomic E-state index is 11.5. The fourth-order valence-corrected chi connectivity index (χ4v) is 1.77. The van der Waals surface area contributed by atoms with E-state index >= 15 is 0 Å². The second-order valence-corrected chi connectivity index (χ2v) is 4.12. The van der Waals surface area contributed by atoms with Gasteiger partial charge in [0.15, 0.2) is 6.29 Å². The number of anilines is 1. The molecule has 0 unspecified atom stereocenters. The van der Waals surface area contributed by atoms with Crippen LogP contribution < -0.4 is 10.2 Å². The van der Waals surface area contributed by atoms with Gasteiger partial charge in [0, 0.05) is 25.4 Å². The highest BCUT2D eigenvalue weighted by Gasteiger charge is 2.13. The number of aryl methyl sites for hydroxylation is 1. The third kappa shape index (κ3) is 3.55. The van der Waals surface area contributed by atoms with Crippen LogP contribution in [0.1, 0.15) is 29.3 Å². The number of nitrogens with one attached hydrogen (secondary N) is 1. The zero-order valence-electron chi connectivity index (χ0n) is 11.1. The molecule has 0 spiro atoms. The molecule has 0 aliphatic carbocycles. The molecule has 1 aromatic heterocycles. The monoisotopic (exact) mass is 249 g/mol. The zero-order valence-corrected chi connectivity index (χ0v) is 11.1. The minimum Gasteiger partial charge on any atom is -0.358 e. The van der Waals surface area contributed by atoms with Crippen LogP contribution in [0.4, 0.5) is 5.82 Å². The summed E-state index contributed by atoms with van der Waals surface area (Å²) in [5.74, 6) is 0.704. The van der Waals surface area contributed by atoms with Gasteiger partial charge in [-0.1, -0.05) is 6.92 Å². The molecule has 98 valence electrons. The number of hydrogen-bond acceptors (Lipinski definition) is 4. The molecule has 5 nitrogen and oxygen atoms in total. The SMILES string of the molecule is CCCN(CC(=O)NC)c1ncc(C=O)cc1C. The molecule has 0 aliphatic rings. The molecule has 1 aromatic rings. The van der Waals surface area contributed by atoms with Crippen LogP contribution in [-0.4, -0.2) is 37.3 Å². The van der Waals surface area contributed by atoms with Crippen molar-refractivity contribution >= 4 is 18.0 Å². The Bertz CT molecular complexity index is 432. The van der Waals surface area contributed by atoms with Crippen LogP contribution in [0.3, 0.4) is 0 Å². The molecular weight excluding hydrogens is 230 g/mol. The summed E-state index contributed by atoms with van der Waals surface area (Å²) >= 11 is 0. The number of amides is 1. The predicted molar refractivity (Wildman–Crippen MR) is 70.9 cm³/mol. The van der Waals surface area contributed by atoms with Crippen molar-refractivity contribution in [2.45, 2.75) is 20.3 Å². The molecule has 0 saturated carbocycles. The highest BCUT2D eigenvalue weighted by atomic mass is 16.2. The summed E-state index contributed by atoms with van der Waals surface area (Å²) in [6, 6.07) is 1.78. The largest absolute Gasteiger partial charge is 0.358 e. The second kappa shape index (κ2) is 6.74. The van der Waals surface area contributed by atoms with Crippen LogP contribution in [0.2, 0.25) is 0 Å². The smallest absolute Gasteiger partial charge is 0.239 e. The Morgan fingerprint density at radius 1 is 1.56 bits per heavy atom. The molecule has 0 aliphatic heterocycles. The van der Waals surface area contributed by atoms with E-state index < -0.39 is 0 Å². The second-order valence-electron chi connectivity index (χ2n) is 4.12. The first-order chi connectivity index (χ1) is 8.62. The van der Waals surface area contributed by atoms with Gasteiger partial charge in [-0.05, 0) is 25.0 Å². The van der Waals surface area contributed by atoms with Crippen molar-refractivity contribution in [3.05, 3.63) is 23.4 Å².